The van der Waals surface area contributed by atoms with E-state index in [1.807, 2.05) is 27.7 Å². The van der Waals surface area contributed by atoms with Crippen molar-refractivity contribution in [3.63, 3.8) is 0 Å². The second-order valence-corrected chi connectivity index (χ2v) is 6.05. The van der Waals surface area contributed by atoms with E-state index in [4.69, 9.17) is 0 Å². The zero-order chi connectivity index (χ0) is 17.6. The molecule has 0 unspecified atom stereocenters. The van der Waals surface area contributed by atoms with Gasteiger partial charge < -0.3 is 0 Å². The van der Waals surface area contributed by atoms with E-state index in [2.05, 4.69) is 21.5 Å². The first-order valence-electron chi connectivity index (χ1n) is 6.75. The van der Waals surface area contributed by atoms with Crippen molar-refractivity contribution in [3.05, 3.63) is 48.1 Å². The first kappa shape index (κ1) is 19.2. The third-order valence-electron chi connectivity index (χ3n) is 2.42. The molecule has 0 radical (unpaired) electrons. The number of aromatic nitrogens is 1. The van der Waals surface area contributed by atoms with Crippen molar-refractivity contribution in [1.82, 2.24) is 4.98 Å². The van der Waals surface area contributed by atoms with Gasteiger partial charge in [-0.3, -0.25) is 4.98 Å². The smallest absolute Gasteiger partial charge is 0.251 e. The Labute approximate surface area is 138 Å². The molecular weight excluding hydrogens is 323 g/mol. The minimum Gasteiger partial charge on any atom is -0.251 e. The van der Waals surface area contributed by atoms with Gasteiger partial charge in [-0.15, -0.1) is 0 Å². The van der Waals surface area contributed by atoms with Crippen LogP contribution in [-0.4, -0.2) is 15.7 Å². The molecule has 0 bridgehead atoms. The molecule has 1 aromatic heterocycles. The Morgan fingerprint density at radius 3 is 2.35 bits per heavy atom. The molecule has 0 fully saturated rings. The first-order chi connectivity index (χ1) is 10.6. The number of nitrogens with zero attached hydrogens (tertiary/aromatic N) is 3. The van der Waals surface area contributed by atoms with Gasteiger partial charge in [0.15, 0.2) is 11.5 Å². The van der Waals surface area contributed by atoms with E-state index < -0.39 is 11.9 Å². The number of alkyl halides is 3. The highest BCUT2D eigenvalue weighted by atomic mass is 32.2. The molecule has 124 valence electrons. The number of hydrogen-bond donors (Lipinski definition) is 0. The fraction of sp³-hybridized carbons (Fsp3) is 0.312. The molecule has 23 heavy (non-hydrogen) atoms. The van der Waals surface area contributed by atoms with Gasteiger partial charge in [-0.1, -0.05) is 18.3 Å². The topological polar surface area (TPSA) is 37.6 Å². The summed E-state index contributed by atoms with van der Waals surface area (Å²) in [6, 6.07) is 2.81. The molecule has 0 aliphatic carbocycles. The van der Waals surface area contributed by atoms with E-state index in [0.29, 0.717) is 10.9 Å². The van der Waals surface area contributed by atoms with Crippen LogP contribution in [0.25, 0.3) is 0 Å². The number of halogens is 3. The molecule has 1 aromatic rings. The zero-order valence-corrected chi connectivity index (χ0v) is 14.2. The van der Waals surface area contributed by atoms with Crippen molar-refractivity contribution in [2.24, 2.45) is 9.98 Å². The molecule has 0 spiro atoms. The van der Waals surface area contributed by atoms with Crippen molar-refractivity contribution < 1.29 is 13.2 Å². The van der Waals surface area contributed by atoms with Crippen LogP contribution in [0, 0.1) is 0 Å². The Morgan fingerprint density at radius 2 is 1.87 bits per heavy atom. The molecule has 0 saturated carbocycles. The van der Waals surface area contributed by atoms with E-state index in [-0.39, 0.29) is 4.90 Å². The van der Waals surface area contributed by atoms with Gasteiger partial charge in [-0.05, 0) is 51.5 Å². The lowest BCUT2D eigenvalue weighted by Gasteiger charge is -2.11. The standard InChI is InChI=1S/C16H18F3N3S/c1-6-13(22-15(10(2)3)21-11(4)5)23-12-8-7-9-20-14(12)16(17,18)19/h6-9H,1H2,2-5H3. The van der Waals surface area contributed by atoms with Gasteiger partial charge in [0.05, 0.1) is 0 Å². The number of hydrogen-bond acceptors (Lipinski definition) is 4. The molecule has 0 saturated heterocycles. The van der Waals surface area contributed by atoms with E-state index in [1.54, 1.807) is 0 Å². The minimum atomic E-state index is -4.52. The SMILES string of the molecule is C=CC(=NC(N=C(C)C)=C(C)C)Sc1cccnc1C(F)(F)F. The second-order valence-electron chi connectivity index (χ2n) is 4.99. The fourth-order valence-electron chi connectivity index (χ4n) is 1.47. The molecule has 0 N–H and O–H groups in total. The lowest BCUT2D eigenvalue weighted by atomic mass is 10.3. The van der Waals surface area contributed by atoms with Crippen LogP contribution >= 0.6 is 11.8 Å². The molecule has 0 aliphatic heterocycles. The van der Waals surface area contributed by atoms with Gasteiger partial charge in [0.25, 0.3) is 0 Å². The van der Waals surface area contributed by atoms with E-state index in [1.165, 1.54) is 18.2 Å². The summed E-state index contributed by atoms with van der Waals surface area (Å²) in [5.74, 6) is 0.463. The van der Waals surface area contributed by atoms with Crippen LogP contribution in [0.2, 0.25) is 0 Å². The maximum absolute atomic E-state index is 13.0. The minimum absolute atomic E-state index is 0.0241. The fourth-order valence-corrected chi connectivity index (χ4v) is 2.33. The average Bonchev–Trinajstić information content (AvgIpc) is 2.44. The maximum atomic E-state index is 13.0. The molecule has 0 amide bonds. The predicted molar refractivity (Wildman–Crippen MR) is 89.9 cm³/mol. The summed E-state index contributed by atoms with van der Waals surface area (Å²) in [6.07, 6.45) is -2.00. The van der Waals surface area contributed by atoms with Crippen LogP contribution in [0.15, 0.2) is 57.3 Å². The van der Waals surface area contributed by atoms with Crippen LogP contribution < -0.4 is 0 Å². The summed E-state index contributed by atoms with van der Waals surface area (Å²) in [5.41, 5.74) is 0.720. The van der Waals surface area contributed by atoms with Gasteiger partial charge >= 0.3 is 6.18 Å². The largest absolute Gasteiger partial charge is 0.434 e. The van der Waals surface area contributed by atoms with Gasteiger partial charge in [-0.25, -0.2) is 9.98 Å². The van der Waals surface area contributed by atoms with Crippen molar-refractivity contribution >= 4 is 22.5 Å². The van der Waals surface area contributed by atoms with Crippen LogP contribution in [0.5, 0.6) is 0 Å². The molecule has 1 heterocycles. The van der Waals surface area contributed by atoms with E-state index >= 15 is 0 Å². The first-order valence-corrected chi connectivity index (χ1v) is 7.57. The lowest BCUT2D eigenvalue weighted by molar-refractivity contribution is -0.143. The quantitative estimate of drug-likeness (QED) is 0.411. The Bertz CT molecular complexity index is 665. The zero-order valence-electron chi connectivity index (χ0n) is 13.4. The summed E-state index contributed by atoms with van der Waals surface area (Å²) < 4.78 is 39.0. The monoisotopic (exact) mass is 341 g/mol. The molecule has 0 aliphatic rings. The van der Waals surface area contributed by atoms with Crippen molar-refractivity contribution in [2.45, 2.75) is 38.8 Å². The molecular formula is C16H18F3N3S. The van der Waals surface area contributed by atoms with Crippen LogP contribution in [0.4, 0.5) is 13.2 Å². The van der Waals surface area contributed by atoms with Crippen LogP contribution in [-0.2, 0) is 6.18 Å². The third-order valence-corrected chi connectivity index (χ3v) is 3.44. The number of aliphatic imine (C=N–C) groups is 2. The number of pyridine rings is 1. The van der Waals surface area contributed by atoms with Crippen LogP contribution in [0.3, 0.4) is 0 Å². The highest BCUT2D eigenvalue weighted by Gasteiger charge is 2.35. The Balaban J connectivity index is 3.25. The summed E-state index contributed by atoms with van der Waals surface area (Å²) >= 11 is 0.861. The number of rotatable bonds is 4. The summed E-state index contributed by atoms with van der Waals surface area (Å²) in [5, 5.41) is 0.324. The van der Waals surface area contributed by atoms with Gasteiger partial charge in [0.1, 0.15) is 5.04 Å². The summed E-state index contributed by atoms with van der Waals surface area (Å²) in [4.78, 5) is 12.0. The Morgan fingerprint density at radius 1 is 1.22 bits per heavy atom. The van der Waals surface area contributed by atoms with Gasteiger partial charge in [0.2, 0.25) is 0 Å². The predicted octanol–water partition coefficient (Wildman–Crippen LogP) is 5.51. The Hall–Kier alpha value is -1.89. The molecule has 1 rings (SSSR count). The molecule has 0 aromatic carbocycles. The van der Waals surface area contributed by atoms with Crippen molar-refractivity contribution in [3.8, 4) is 0 Å². The van der Waals surface area contributed by atoms with Crippen molar-refractivity contribution in [2.75, 3.05) is 0 Å². The Kier molecular flexibility index (Phi) is 6.75. The highest BCUT2D eigenvalue weighted by molar-refractivity contribution is 8.14. The number of thioether (sulfide) groups is 1. The van der Waals surface area contributed by atoms with Crippen LogP contribution in [0.1, 0.15) is 33.4 Å². The summed E-state index contributed by atoms with van der Waals surface area (Å²) in [6.45, 7) is 10.9. The molecule has 0 atom stereocenters. The second kappa shape index (κ2) is 8.10. The normalized spacial score (nSPS) is 11.9. The average molecular weight is 341 g/mol. The van der Waals surface area contributed by atoms with E-state index in [0.717, 1.165) is 29.2 Å². The van der Waals surface area contributed by atoms with Crippen molar-refractivity contribution in [1.29, 1.82) is 0 Å². The molecule has 7 heteroatoms. The van der Waals surface area contributed by atoms with Gasteiger partial charge in [-0.2, -0.15) is 13.2 Å². The third kappa shape index (κ3) is 6.02. The highest BCUT2D eigenvalue weighted by Crippen LogP contribution is 2.35. The molecule has 3 nitrogen and oxygen atoms in total. The summed E-state index contributed by atoms with van der Waals surface area (Å²) in [7, 11) is 0. The number of allylic oxidation sites excluding steroid dienone is 1. The van der Waals surface area contributed by atoms with Gasteiger partial charge in [0, 0.05) is 16.8 Å². The van der Waals surface area contributed by atoms with E-state index in [9.17, 15) is 13.2 Å². The lowest BCUT2D eigenvalue weighted by Crippen LogP contribution is -2.10. The maximum Gasteiger partial charge on any atom is 0.434 e.